The van der Waals surface area contributed by atoms with E-state index in [0.717, 1.165) is 11.3 Å². The summed E-state index contributed by atoms with van der Waals surface area (Å²) >= 11 is 4.64. The Morgan fingerprint density at radius 3 is 2.78 bits per heavy atom. The number of nitrogen functional groups attached to an aromatic ring is 1. The van der Waals surface area contributed by atoms with Gasteiger partial charge >= 0.3 is 0 Å². The Kier molecular flexibility index (Phi) is 3.82. The lowest BCUT2D eigenvalue weighted by Crippen LogP contribution is -2.03. The molecule has 0 fully saturated rings. The van der Waals surface area contributed by atoms with Crippen LogP contribution in [-0.2, 0) is 6.42 Å². The Morgan fingerprint density at radius 2 is 2.17 bits per heavy atom. The van der Waals surface area contributed by atoms with Gasteiger partial charge in [-0.2, -0.15) is 0 Å². The maximum Gasteiger partial charge on any atom is 0.204 e. The minimum Gasteiger partial charge on any atom is -0.396 e. The Bertz CT molecular complexity index is 609. The van der Waals surface area contributed by atoms with Gasteiger partial charge in [0, 0.05) is 14.9 Å². The predicted octanol–water partition coefficient (Wildman–Crippen LogP) is 4.03. The van der Waals surface area contributed by atoms with E-state index in [1.807, 2.05) is 13.0 Å². The van der Waals surface area contributed by atoms with Crippen molar-refractivity contribution in [2.24, 2.45) is 0 Å². The summed E-state index contributed by atoms with van der Waals surface area (Å²) < 4.78 is 13.6. The monoisotopic (exact) mass is 327 g/mol. The molecule has 1 heterocycles. The first-order valence-electron chi connectivity index (χ1n) is 5.41. The molecule has 1 aromatic carbocycles. The number of aryl methyl sites for hydroxylation is 1. The summed E-state index contributed by atoms with van der Waals surface area (Å²) in [5.74, 6) is -0.669. The fourth-order valence-electron chi connectivity index (χ4n) is 1.56. The summed E-state index contributed by atoms with van der Waals surface area (Å²) in [5, 5.41) is 0. The van der Waals surface area contributed by atoms with Crippen molar-refractivity contribution < 1.29 is 9.18 Å². The van der Waals surface area contributed by atoms with Crippen LogP contribution in [0, 0.1) is 5.82 Å². The van der Waals surface area contributed by atoms with Crippen molar-refractivity contribution in [2.45, 2.75) is 13.3 Å². The van der Waals surface area contributed by atoms with Crippen LogP contribution >= 0.6 is 27.3 Å². The second kappa shape index (κ2) is 5.20. The zero-order valence-corrected chi connectivity index (χ0v) is 12.1. The summed E-state index contributed by atoms with van der Waals surface area (Å²) in [6, 6.07) is 6.31. The van der Waals surface area contributed by atoms with E-state index in [-0.39, 0.29) is 11.5 Å². The van der Waals surface area contributed by atoms with Gasteiger partial charge in [0.2, 0.25) is 5.78 Å². The van der Waals surface area contributed by atoms with Gasteiger partial charge in [0.05, 0.1) is 10.6 Å². The molecule has 2 nitrogen and oxygen atoms in total. The molecule has 0 aliphatic carbocycles. The smallest absolute Gasteiger partial charge is 0.204 e. The van der Waals surface area contributed by atoms with Crippen LogP contribution in [0.4, 0.5) is 10.1 Å². The number of ketones is 1. The Hall–Kier alpha value is -1.20. The molecular formula is C13H11BrFNOS. The van der Waals surface area contributed by atoms with Gasteiger partial charge in [0.1, 0.15) is 5.82 Å². The van der Waals surface area contributed by atoms with Crippen molar-refractivity contribution in [1.82, 2.24) is 0 Å². The van der Waals surface area contributed by atoms with Crippen molar-refractivity contribution in [3.63, 3.8) is 0 Å². The molecule has 0 unspecified atom stereocenters. The number of carbonyl (C=O) groups excluding carboxylic acids is 1. The topological polar surface area (TPSA) is 43.1 Å². The molecule has 0 radical (unpaired) electrons. The lowest BCUT2D eigenvalue weighted by atomic mass is 10.1. The number of thiophene rings is 1. The fourth-order valence-corrected chi connectivity index (χ4v) is 2.96. The SMILES string of the molecule is CCc1ccc(C(=O)c2cc(N)c(F)cc2Br)s1. The number of hydrogen-bond donors (Lipinski definition) is 1. The number of benzene rings is 1. The van der Waals surface area contributed by atoms with Gasteiger partial charge in [-0.1, -0.05) is 6.92 Å². The molecule has 2 N–H and O–H groups in total. The summed E-state index contributed by atoms with van der Waals surface area (Å²) in [6.07, 6.45) is 0.894. The minimum absolute atomic E-state index is 0.0196. The van der Waals surface area contributed by atoms with Crippen LogP contribution in [0.25, 0.3) is 0 Å². The fraction of sp³-hybridized carbons (Fsp3) is 0.154. The number of hydrogen-bond acceptors (Lipinski definition) is 3. The summed E-state index contributed by atoms with van der Waals surface area (Å²) in [5.41, 5.74) is 5.86. The summed E-state index contributed by atoms with van der Waals surface area (Å²) in [6.45, 7) is 2.03. The van der Waals surface area contributed by atoms with E-state index in [9.17, 15) is 9.18 Å². The summed E-state index contributed by atoms with van der Waals surface area (Å²) in [4.78, 5) is 14.0. The van der Waals surface area contributed by atoms with E-state index >= 15 is 0 Å². The maximum absolute atomic E-state index is 13.2. The highest BCUT2D eigenvalue weighted by molar-refractivity contribution is 9.10. The minimum atomic E-state index is -0.529. The third-order valence-electron chi connectivity index (χ3n) is 2.56. The van der Waals surface area contributed by atoms with Crippen LogP contribution in [0.2, 0.25) is 0 Å². The molecular weight excluding hydrogens is 317 g/mol. The standard InChI is InChI=1S/C13H11BrFNOS/c1-2-7-3-4-12(18-7)13(17)8-5-11(16)10(15)6-9(8)14/h3-6H,2,16H2,1H3. The molecule has 2 aromatic rings. The third-order valence-corrected chi connectivity index (χ3v) is 4.45. The van der Waals surface area contributed by atoms with E-state index in [1.54, 1.807) is 6.07 Å². The molecule has 0 bridgehead atoms. The lowest BCUT2D eigenvalue weighted by molar-refractivity contribution is 0.104. The average molecular weight is 328 g/mol. The number of carbonyl (C=O) groups is 1. The highest BCUT2D eigenvalue weighted by Crippen LogP contribution is 2.27. The van der Waals surface area contributed by atoms with E-state index in [4.69, 9.17) is 5.73 Å². The van der Waals surface area contributed by atoms with Gasteiger partial charge in [-0.25, -0.2) is 4.39 Å². The van der Waals surface area contributed by atoms with Crippen molar-refractivity contribution in [1.29, 1.82) is 0 Å². The highest BCUT2D eigenvalue weighted by Gasteiger charge is 2.16. The molecule has 2 rings (SSSR count). The number of anilines is 1. The van der Waals surface area contributed by atoms with E-state index in [1.165, 1.54) is 23.5 Å². The molecule has 1 aromatic heterocycles. The van der Waals surface area contributed by atoms with Gasteiger partial charge < -0.3 is 5.73 Å². The largest absolute Gasteiger partial charge is 0.396 e. The maximum atomic E-state index is 13.2. The Morgan fingerprint density at radius 1 is 1.44 bits per heavy atom. The van der Waals surface area contributed by atoms with Crippen molar-refractivity contribution >= 4 is 38.7 Å². The quantitative estimate of drug-likeness (QED) is 0.683. The van der Waals surface area contributed by atoms with E-state index in [2.05, 4.69) is 15.9 Å². The second-order valence-electron chi connectivity index (χ2n) is 3.80. The van der Waals surface area contributed by atoms with Crippen LogP contribution in [0.5, 0.6) is 0 Å². The Labute approximate surface area is 117 Å². The normalized spacial score (nSPS) is 10.6. The van der Waals surface area contributed by atoms with Crippen LogP contribution in [0.15, 0.2) is 28.7 Å². The first kappa shape index (κ1) is 13.2. The van der Waals surface area contributed by atoms with Crippen LogP contribution in [-0.4, -0.2) is 5.78 Å². The molecule has 0 aliphatic heterocycles. The molecule has 0 spiro atoms. The van der Waals surface area contributed by atoms with Crippen LogP contribution < -0.4 is 5.73 Å². The van der Waals surface area contributed by atoms with Crippen molar-refractivity contribution in [3.8, 4) is 0 Å². The molecule has 0 aliphatic rings. The van der Waals surface area contributed by atoms with E-state index in [0.29, 0.717) is 14.9 Å². The molecule has 18 heavy (non-hydrogen) atoms. The zero-order valence-electron chi connectivity index (χ0n) is 9.67. The zero-order chi connectivity index (χ0) is 13.3. The molecule has 94 valence electrons. The molecule has 0 saturated carbocycles. The van der Waals surface area contributed by atoms with Gasteiger partial charge in [-0.15, -0.1) is 11.3 Å². The van der Waals surface area contributed by atoms with Crippen LogP contribution in [0.1, 0.15) is 27.0 Å². The molecule has 0 saturated heterocycles. The van der Waals surface area contributed by atoms with Gasteiger partial charge in [-0.05, 0) is 46.6 Å². The first-order chi connectivity index (χ1) is 8.52. The van der Waals surface area contributed by atoms with Gasteiger partial charge in [0.25, 0.3) is 0 Å². The van der Waals surface area contributed by atoms with Gasteiger partial charge in [0.15, 0.2) is 0 Å². The predicted molar refractivity (Wildman–Crippen MR) is 75.6 cm³/mol. The number of halogens is 2. The highest BCUT2D eigenvalue weighted by atomic mass is 79.9. The van der Waals surface area contributed by atoms with Crippen molar-refractivity contribution in [2.75, 3.05) is 5.73 Å². The third kappa shape index (κ3) is 2.47. The molecule has 5 heteroatoms. The number of rotatable bonds is 3. The van der Waals surface area contributed by atoms with Crippen LogP contribution in [0.3, 0.4) is 0 Å². The number of nitrogens with two attached hydrogens (primary N) is 1. The van der Waals surface area contributed by atoms with E-state index < -0.39 is 5.82 Å². The Balaban J connectivity index is 2.42. The second-order valence-corrected chi connectivity index (χ2v) is 5.82. The summed E-state index contributed by atoms with van der Waals surface area (Å²) in [7, 11) is 0. The molecule has 0 atom stereocenters. The first-order valence-corrected chi connectivity index (χ1v) is 7.01. The average Bonchev–Trinajstić information content (AvgIpc) is 2.81. The van der Waals surface area contributed by atoms with Gasteiger partial charge in [-0.3, -0.25) is 4.79 Å². The lowest BCUT2D eigenvalue weighted by Gasteiger charge is -2.04. The van der Waals surface area contributed by atoms with Crippen molar-refractivity contribution in [3.05, 3.63) is 49.9 Å². The molecule has 0 amide bonds.